The Balaban J connectivity index is 1.43. The lowest BCUT2D eigenvalue weighted by Gasteiger charge is -2.26. The van der Waals surface area contributed by atoms with E-state index in [1.165, 1.54) is 16.0 Å². The summed E-state index contributed by atoms with van der Waals surface area (Å²) in [6.45, 7) is 0.470. The van der Waals surface area contributed by atoms with Crippen molar-refractivity contribution in [2.45, 2.75) is 44.4 Å². The number of para-hydroxylation sites is 1. The smallest absolute Gasteiger partial charge is 0.297 e. The molecule has 166 valence electrons. The Hall–Kier alpha value is -3.43. The predicted molar refractivity (Wildman–Crippen MR) is 126 cm³/mol. The van der Waals surface area contributed by atoms with Gasteiger partial charge in [-0.2, -0.15) is 10.2 Å². The van der Waals surface area contributed by atoms with Crippen molar-refractivity contribution in [2.24, 2.45) is 0 Å². The lowest BCUT2D eigenvalue weighted by molar-refractivity contribution is 0.0681. The number of aliphatic hydroxyl groups excluding tert-OH is 1. The Morgan fingerprint density at radius 3 is 2.67 bits per heavy atom. The molecule has 2 aliphatic heterocycles. The quantitative estimate of drug-likeness (QED) is 0.441. The van der Waals surface area contributed by atoms with Gasteiger partial charge in [-0.15, -0.1) is 11.3 Å². The molecule has 0 amide bonds. The number of benzene rings is 1. The topological polar surface area (TPSA) is 98.7 Å². The second-order valence-corrected chi connectivity index (χ2v) is 9.18. The Kier molecular flexibility index (Phi) is 5.00. The van der Waals surface area contributed by atoms with Gasteiger partial charge in [0.05, 0.1) is 41.1 Å². The summed E-state index contributed by atoms with van der Waals surface area (Å²) in [5.41, 5.74) is 6.01. The average molecular weight is 459 g/mol. The van der Waals surface area contributed by atoms with Gasteiger partial charge in [-0.3, -0.25) is 14.5 Å². The van der Waals surface area contributed by atoms with Gasteiger partial charge in [-0.1, -0.05) is 37.1 Å². The number of hydrogen-bond donors (Lipinski definition) is 1. The van der Waals surface area contributed by atoms with E-state index in [1.807, 2.05) is 52.7 Å². The van der Waals surface area contributed by atoms with Crippen molar-refractivity contribution in [3.63, 3.8) is 0 Å². The molecule has 2 aromatic heterocycles. The fourth-order valence-corrected chi connectivity index (χ4v) is 5.20. The molecule has 0 spiro atoms. The maximum Gasteiger partial charge on any atom is 0.297 e. The van der Waals surface area contributed by atoms with E-state index in [-0.39, 0.29) is 11.6 Å². The molecule has 33 heavy (non-hydrogen) atoms. The van der Waals surface area contributed by atoms with Gasteiger partial charge in [0.1, 0.15) is 5.69 Å². The van der Waals surface area contributed by atoms with Crippen LogP contribution in [0.4, 0.5) is 0 Å². The summed E-state index contributed by atoms with van der Waals surface area (Å²) in [5, 5.41) is 22.7. The van der Waals surface area contributed by atoms with E-state index in [4.69, 9.17) is 5.10 Å². The summed E-state index contributed by atoms with van der Waals surface area (Å²) >= 11 is 1.54. The Labute approximate surface area is 193 Å². The molecule has 9 heteroatoms. The number of aromatic nitrogens is 6. The minimum atomic E-state index is -0.554. The van der Waals surface area contributed by atoms with E-state index in [1.54, 1.807) is 5.51 Å². The van der Waals surface area contributed by atoms with Crippen LogP contribution in [-0.4, -0.2) is 40.7 Å². The normalized spacial score (nSPS) is 18.8. The molecule has 3 aromatic rings. The fourth-order valence-electron chi connectivity index (χ4n) is 4.66. The van der Waals surface area contributed by atoms with Crippen LogP contribution in [0, 0.1) is 0 Å². The summed E-state index contributed by atoms with van der Waals surface area (Å²) in [5.74, 6) is 0. The molecule has 1 N–H and O–H groups in total. The molecule has 6 rings (SSSR count). The van der Waals surface area contributed by atoms with Crippen LogP contribution in [0.25, 0.3) is 33.7 Å². The highest BCUT2D eigenvalue weighted by atomic mass is 32.1. The van der Waals surface area contributed by atoms with E-state index in [2.05, 4.69) is 15.1 Å². The molecule has 1 fully saturated rings. The third-order valence-corrected chi connectivity index (χ3v) is 6.95. The van der Waals surface area contributed by atoms with Crippen LogP contribution in [0.2, 0.25) is 0 Å². The number of hydrogen-bond acceptors (Lipinski definition) is 7. The van der Waals surface area contributed by atoms with E-state index < -0.39 is 6.10 Å². The first-order valence-electron chi connectivity index (χ1n) is 11.1. The standard InChI is InChI=1S/C24H22N6O2S/c31-21-8-4-3-7-20(21)30-24(32)23-22(28-30)16-5-1-2-6-19(16)29(27-23)12-15-9-10-17(25-11-15)18-13-33-14-26-18/h1-2,5-6,9-11,13-14,20-21,31H,3-4,7-8,12H2/t20-,21-/m0/s1. The third-order valence-electron chi connectivity index (χ3n) is 6.36. The lowest BCUT2D eigenvalue weighted by atomic mass is 9.93. The third kappa shape index (κ3) is 3.53. The van der Waals surface area contributed by atoms with Gasteiger partial charge in [0, 0.05) is 17.0 Å². The molecule has 0 unspecified atom stereocenters. The van der Waals surface area contributed by atoms with Crippen LogP contribution < -0.4 is 5.56 Å². The predicted octanol–water partition coefficient (Wildman–Crippen LogP) is 3.74. The first-order valence-corrected chi connectivity index (χ1v) is 12.0. The van der Waals surface area contributed by atoms with E-state index in [9.17, 15) is 9.90 Å². The van der Waals surface area contributed by atoms with Crippen molar-refractivity contribution in [1.82, 2.24) is 29.5 Å². The first kappa shape index (κ1) is 20.2. The van der Waals surface area contributed by atoms with Crippen LogP contribution >= 0.6 is 11.3 Å². The van der Waals surface area contributed by atoms with Crippen LogP contribution in [-0.2, 0) is 6.54 Å². The van der Waals surface area contributed by atoms with Crippen LogP contribution in [0.15, 0.2) is 58.3 Å². The highest BCUT2D eigenvalue weighted by Crippen LogP contribution is 2.31. The molecule has 0 radical (unpaired) electrons. The number of rotatable bonds is 4. The van der Waals surface area contributed by atoms with Crippen molar-refractivity contribution >= 4 is 22.2 Å². The zero-order chi connectivity index (χ0) is 22.4. The largest absolute Gasteiger partial charge is 0.391 e. The van der Waals surface area contributed by atoms with Crippen molar-refractivity contribution in [3.05, 3.63) is 69.4 Å². The van der Waals surface area contributed by atoms with Gasteiger partial charge in [0.2, 0.25) is 0 Å². The number of pyridine rings is 1. The number of nitrogens with zero attached hydrogens (tertiary/aromatic N) is 6. The Morgan fingerprint density at radius 1 is 1.00 bits per heavy atom. The zero-order valence-electron chi connectivity index (χ0n) is 17.8. The summed E-state index contributed by atoms with van der Waals surface area (Å²) in [4.78, 5) is 22.1. The monoisotopic (exact) mass is 458 g/mol. The second kappa shape index (κ2) is 8.17. The molecule has 0 bridgehead atoms. The number of aliphatic hydroxyl groups is 1. The van der Waals surface area contributed by atoms with Crippen molar-refractivity contribution in [3.8, 4) is 22.8 Å². The number of fused-ring (bicyclic) bond motifs is 3. The zero-order valence-corrected chi connectivity index (χ0v) is 18.6. The molecule has 4 heterocycles. The first-order chi connectivity index (χ1) is 16.2. The maximum atomic E-state index is 13.3. The van der Waals surface area contributed by atoms with Gasteiger partial charge in [-0.25, -0.2) is 9.67 Å². The van der Waals surface area contributed by atoms with Gasteiger partial charge in [-0.05, 0) is 30.5 Å². The second-order valence-electron chi connectivity index (χ2n) is 8.47. The number of thiazole rings is 1. The van der Waals surface area contributed by atoms with Crippen molar-refractivity contribution in [1.29, 1.82) is 0 Å². The van der Waals surface area contributed by atoms with Crippen molar-refractivity contribution < 1.29 is 5.11 Å². The highest BCUT2D eigenvalue weighted by Gasteiger charge is 2.31. The SMILES string of the molecule is O=c1c2nn(Cc3ccc(-c4cscn4)nc3)c3ccccc3c-2nn1[C@H]1CCCC[C@@H]1O. The molecule has 3 aliphatic rings. The van der Waals surface area contributed by atoms with Gasteiger partial charge >= 0.3 is 0 Å². The van der Waals surface area contributed by atoms with Crippen LogP contribution in [0.1, 0.15) is 37.3 Å². The molecule has 2 atom stereocenters. The van der Waals surface area contributed by atoms with E-state index in [0.29, 0.717) is 24.4 Å². The molecular formula is C24H22N6O2S. The lowest BCUT2D eigenvalue weighted by Crippen LogP contribution is -2.33. The molecule has 1 aliphatic carbocycles. The molecule has 0 saturated heterocycles. The van der Waals surface area contributed by atoms with Gasteiger partial charge in [0.15, 0.2) is 5.69 Å². The summed E-state index contributed by atoms with van der Waals surface area (Å²) in [7, 11) is 0. The Bertz CT molecular complexity index is 1440. The molecule has 1 aromatic carbocycles. The summed E-state index contributed by atoms with van der Waals surface area (Å²) in [6, 6.07) is 11.5. The van der Waals surface area contributed by atoms with Gasteiger partial charge in [0.25, 0.3) is 5.56 Å². The summed E-state index contributed by atoms with van der Waals surface area (Å²) < 4.78 is 3.30. The Morgan fingerprint density at radius 2 is 1.88 bits per heavy atom. The van der Waals surface area contributed by atoms with E-state index >= 15 is 0 Å². The minimum Gasteiger partial charge on any atom is -0.391 e. The minimum absolute atomic E-state index is 0.243. The summed E-state index contributed by atoms with van der Waals surface area (Å²) in [6.07, 6.45) is 4.67. The average Bonchev–Trinajstić information content (AvgIpc) is 3.49. The molecule has 1 saturated carbocycles. The van der Waals surface area contributed by atoms with Crippen LogP contribution in [0.5, 0.6) is 0 Å². The van der Waals surface area contributed by atoms with Gasteiger partial charge < -0.3 is 5.11 Å². The maximum absolute atomic E-state index is 13.3. The molecular weight excluding hydrogens is 436 g/mol. The fraction of sp³-hybridized carbons (Fsp3) is 0.292. The van der Waals surface area contributed by atoms with E-state index in [0.717, 1.165) is 47.1 Å². The highest BCUT2D eigenvalue weighted by molar-refractivity contribution is 7.07. The van der Waals surface area contributed by atoms with Crippen molar-refractivity contribution in [2.75, 3.05) is 0 Å². The molecule has 8 nitrogen and oxygen atoms in total. The van der Waals surface area contributed by atoms with Crippen LogP contribution in [0.3, 0.4) is 0 Å².